The van der Waals surface area contributed by atoms with Crippen LogP contribution in [0.3, 0.4) is 0 Å². The van der Waals surface area contributed by atoms with Gasteiger partial charge in [0.1, 0.15) is 5.82 Å². The van der Waals surface area contributed by atoms with E-state index in [0.29, 0.717) is 19.1 Å². The SMILES string of the molecule is C[C@H]1CN(c2ccc(F)cc2)CCN1CC[C@H]1CC2(CCN(C(=O)N3CCCC3)CC2)C(=O)N1C. The van der Waals surface area contributed by atoms with E-state index in [-0.39, 0.29) is 29.2 Å². The van der Waals surface area contributed by atoms with Gasteiger partial charge in [0.2, 0.25) is 5.91 Å². The molecule has 0 radical (unpaired) electrons. The quantitative estimate of drug-likeness (QED) is 0.657. The number of nitrogens with zero attached hydrogens (tertiary/aromatic N) is 5. The summed E-state index contributed by atoms with van der Waals surface area (Å²) in [6.45, 7) is 9.22. The minimum atomic E-state index is -0.284. The van der Waals surface area contributed by atoms with Gasteiger partial charge in [-0.05, 0) is 69.7 Å². The molecule has 3 amide bonds. The smallest absolute Gasteiger partial charge is 0.319 e. The number of carbonyl (C=O) groups excluding carboxylic acids is 2. The molecule has 1 spiro atoms. The van der Waals surface area contributed by atoms with Crippen LogP contribution < -0.4 is 4.90 Å². The van der Waals surface area contributed by atoms with E-state index in [9.17, 15) is 14.0 Å². The first kappa shape index (κ1) is 24.3. The molecule has 4 aliphatic rings. The zero-order valence-electron chi connectivity index (χ0n) is 21.3. The van der Waals surface area contributed by atoms with Gasteiger partial charge in [-0.25, -0.2) is 9.18 Å². The summed E-state index contributed by atoms with van der Waals surface area (Å²) >= 11 is 0. The van der Waals surface area contributed by atoms with Gasteiger partial charge < -0.3 is 19.6 Å². The number of likely N-dealkylation sites (tertiary alicyclic amines) is 3. The molecule has 35 heavy (non-hydrogen) atoms. The van der Waals surface area contributed by atoms with Crippen molar-refractivity contribution in [3.05, 3.63) is 30.1 Å². The third-order valence-electron chi connectivity index (χ3n) is 9.02. The molecule has 0 aromatic heterocycles. The van der Waals surface area contributed by atoms with Gasteiger partial charge in [0.05, 0.1) is 5.41 Å². The second-order valence-corrected chi connectivity index (χ2v) is 11.1. The highest BCUT2D eigenvalue weighted by molar-refractivity contribution is 5.85. The molecule has 2 atom stereocenters. The van der Waals surface area contributed by atoms with E-state index in [1.807, 2.05) is 33.9 Å². The van der Waals surface area contributed by atoms with Crippen LogP contribution in [-0.4, -0.2) is 103 Å². The number of piperazine rings is 1. The lowest BCUT2D eigenvalue weighted by Gasteiger charge is -2.41. The number of hydrogen-bond donors (Lipinski definition) is 0. The second-order valence-electron chi connectivity index (χ2n) is 11.1. The summed E-state index contributed by atoms with van der Waals surface area (Å²) in [5, 5.41) is 0. The first-order valence-electron chi connectivity index (χ1n) is 13.4. The summed E-state index contributed by atoms with van der Waals surface area (Å²) < 4.78 is 13.3. The van der Waals surface area contributed by atoms with Crippen molar-refractivity contribution in [1.29, 1.82) is 0 Å². The summed E-state index contributed by atoms with van der Waals surface area (Å²) in [7, 11) is 1.97. The minimum Gasteiger partial charge on any atom is -0.369 e. The van der Waals surface area contributed by atoms with Gasteiger partial charge in [-0.2, -0.15) is 0 Å². The lowest BCUT2D eigenvalue weighted by atomic mass is 9.75. The van der Waals surface area contributed by atoms with E-state index < -0.39 is 0 Å². The average molecular weight is 486 g/mol. The van der Waals surface area contributed by atoms with Crippen LogP contribution in [0, 0.1) is 11.2 Å². The molecule has 4 fully saturated rings. The minimum absolute atomic E-state index is 0.168. The normalized spacial score (nSPS) is 27.3. The first-order chi connectivity index (χ1) is 16.9. The lowest BCUT2D eigenvalue weighted by molar-refractivity contribution is -0.137. The van der Waals surface area contributed by atoms with Crippen molar-refractivity contribution in [3.8, 4) is 0 Å². The highest BCUT2D eigenvalue weighted by Crippen LogP contribution is 2.45. The van der Waals surface area contributed by atoms with Crippen LogP contribution in [-0.2, 0) is 4.79 Å². The molecule has 0 saturated carbocycles. The predicted octanol–water partition coefficient (Wildman–Crippen LogP) is 3.26. The molecular weight excluding hydrogens is 445 g/mol. The molecule has 0 N–H and O–H groups in total. The number of piperidine rings is 1. The van der Waals surface area contributed by atoms with Crippen molar-refractivity contribution in [2.45, 2.75) is 57.5 Å². The Hall–Kier alpha value is -2.35. The van der Waals surface area contributed by atoms with E-state index in [0.717, 1.165) is 83.5 Å². The summed E-state index contributed by atoms with van der Waals surface area (Å²) in [5.74, 6) is 0.0854. The van der Waals surface area contributed by atoms with Crippen molar-refractivity contribution in [3.63, 3.8) is 0 Å². The molecule has 5 rings (SSSR count). The highest BCUT2D eigenvalue weighted by atomic mass is 19.1. The molecule has 1 aromatic carbocycles. The third kappa shape index (κ3) is 4.86. The summed E-state index contributed by atoms with van der Waals surface area (Å²) in [4.78, 5) is 36.9. The topological polar surface area (TPSA) is 50.3 Å². The zero-order chi connectivity index (χ0) is 24.6. The Balaban J connectivity index is 1.12. The standard InChI is InChI=1S/C27H40FN5O2/c1-21-20-33(23-7-5-22(28)6-8-23)18-17-30(21)14-9-24-19-27(25(34)29(24)2)10-15-32(16-11-27)26(35)31-12-3-4-13-31/h5-8,21,24H,3-4,9-20H2,1-2H3/t21-,24-/m0/s1. The van der Waals surface area contributed by atoms with Gasteiger partial charge in [0.25, 0.3) is 0 Å². The maximum atomic E-state index is 13.3. The van der Waals surface area contributed by atoms with Crippen LogP contribution in [0.25, 0.3) is 0 Å². The van der Waals surface area contributed by atoms with Gasteiger partial charge in [0.15, 0.2) is 0 Å². The monoisotopic (exact) mass is 485 g/mol. The molecule has 7 nitrogen and oxygen atoms in total. The van der Waals surface area contributed by atoms with Crippen molar-refractivity contribution < 1.29 is 14.0 Å². The average Bonchev–Trinajstić information content (AvgIpc) is 3.48. The number of anilines is 1. The fourth-order valence-corrected chi connectivity index (χ4v) is 6.69. The van der Waals surface area contributed by atoms with Crippen LogP contribution in [0.1, 0.15) is 45.4 Å². The van der Waals surface area contributed by atoms with Crippen LogP contribution in [0.5, 0.6) is 0 Å². The number of carbonyl (C=O) groups is 2. The molecule has 8 heteroatoms. The molecule has 0 aliphatic carbocycles. The van der Waals surface area contributed by atoms with E-state index in [1.54, 1.807) is 0 Å². The molecule has 0 bridgehead atoms. The number of benzene rings is 1. The molecule has 4 aliphatic heterocycles. The Morgan fingerprint density at radius 3 is 2.31 bits per heavy atom. The van der Waals surface area contributed by atoms with Crippen molar-refractivity contribution in [2.75, 3.05) is 64.3 Å². The Morgan fingerprint density at radius 1 is 1.00 bits per heavy atom. The van der Waals surface area contributed by atoms with Gasteiger partial charge in [-0.15, -0.1) is 0 Å². The van der Waals surface area contributed by atoms with Gasteiger partial charge in [0, 0.05) is 77.2 Å². The Morgan fingerprint density at radius 2 is 1.66 bits per heavy atom. The Labute approximate surface area is 208 Å². The van der Waals surface area contributed by atoms with Crippen LogP contribution in [0.2, 0.25) is 0 Å². The largest absolute Gasteiger partial charge is 0.369 e. The number of halogens is 1. The van der Waals surface area contributed by atoms with E-state index in [2.05, 4.69) is 16.7 Å². The summed E-state index contributed by atoms with van der Waals surface area (Å²) in [6, 6.07) is 7.63. The number of urea groups is 1. The maximum absolute atomic E-state index is 13.3. The molecule has 4 heterocycles. The predicted molar refractivity (Wildman–Crippen MR) is 135 cm³/mol. The fourth-order valence-electron chi connectivity index (χ4n) is 6.69. The lowest BCUT2D eigenvalue weighted by Crippen LogP contribution is -2.52. The maximum Gasteiger partial charge on any atom is 0.319 e. The van der Waals surface area contributed by atoms with Gasteiger partial charge in [-0.1, -0.05) is 0 Å². The first-order valence-corrected chi connectivity index (χ1v) is 13.4. The van der Waals surface area contributed by atoms with Crippen LogP contribution >= 0.6 is 0 Å². The molecule has 192 valence electrons. The molecule has 0 unspecified atom stereocenters. The fraction of sp³-hybridized carbons (Fsp3) is 0.704. The van der Waals surface area contributed by atoms with Gasteiger partial charge >= 0.3 is 6.03 Å². The highest BCUT2D eigenvalue weighted by Gasteiger charge is 2.51. The molecule has 4 saturated heterocycles. The number of amides is 3. The Bertz CT molecular complexity index is 911. The number of hydrogen-bond acceptors (Lipinski definition) is 4. The van der Waals surface area contributed by atoms with Crippen LogP contribution in [0.4, 0.5) is 14.9 Å². The second kappa shape index (κ2) is 9.96. The van der Waals surface area contributed by atoms with E-state index in [4.69, 9.17) is 0 Å². The summed E-state index contributed by atoms with van der Waals surface area (Å²) in [5.41, 5.74) is 0.796. The van der Waals surface area contributed by atoms with Crippen molar-refractivity contribution in [1.82, 2.24) is 19.6 Å². The zero-order valence-corrected chi connectivity index (χ0v) is 21.3. The summed E-state index contributed by atoms with van der Waals surface area (Å²) in [6.07, 6.45) is 5.69. The third-order valence-corrected chi connectivity index (χ3v) is 9.02. The molecular formula is C27H40FN5O2. The Kier molecular flexibility index (Phi) is 6.93. The van der Waals surface area contributed by atoms with Crippen LogP contribution in [0.15, 0.2) is 24.3 Å². The van der Waals surface area contributed by atoms with Crippen molar-refractivity contribution in [2.24, 2.45) is 5.41 Å². The van der Waals surface area contributed by atoms with Crippen molar-refractivity contribution >= 4 is 17.6 Å². The number of rotatable bonds is 4. The van der Waals surface area contributed by atoms with E-state index in [1.165, 1.54) is 12.1 Å². The van der Waals surface area contributed by atoms with Gasteiger partial charge in [-0.3, -0.25) is 9.69 Å². The molecule has 1 aromatic rings. The van der Waals surface area contributed by atoms with E-state index >= 15 is 0 Å².